The molecule has 0 radical (unpaired) electrons. The highest BCUT2D eigenvalue weighted by Gasteiger charge is 2.68. The van der Waals surface area contributed by atoms with Crippen molar-refractivity contribution in [3.05, 3.63) is 59.9 Å². The minimum absolute atomic E-state index is 0.410. The number of nitriles is 1. The third-order valence-corrected chi connectivity index (χ3v) is 7.12. The van der Waals surface area contributed by atoms with Gasteiger partial charge in [0.1, 0.15) is 11.6 Å². The number of primary amides is 1. The number of hydrogen-bond acceptors (Lipinski definition) is 6. The van der Waals surface area contributed by atoms with Gasteiger partial charge in [-0.15, -0.1) is 0 Å². The van der Waals surface area contributed by atoms with Gasteiger partial charge < -0.3 is 10.5 Å². The minimum atomic E-state index is -3.18. The first kappa shape index (κ1) is 24.5. The van der Waals surface area contributed by atoms with Crippen LogP contribution in [0.5, 0.6) is 0 Å². The number of halogens is 2. The Labute approximate surface area is 202 Å². The monoisotopic (exact) mass is 480 g/mol. The molecule has 1 aromatic heterocycles. The van der Waals surface area contributed by atoms with Crippen molar-refractivity contribution in [2.24, 2.45) is 23.5 Å². The molecule has 1 aromatic carbocycles. The summed E-state index contributed by atoms with van der Waals surface area (Å²) in [5, 5.41) is 12.0. The zero-order chi connectivity index (χ0) is 25.4. The number of hydrogen-bond donors (Lipinski definition) is 2. The largest absolute Gasteiger partial charge is 0.461 e. The molecule has 35 heavy (non-hydrogen) atoms. The summed E-state index contributed by atoms with van der Waals surface area (Å²) in [5.41, 5.74) is 6.09. The first-order chi connectivity index (χ1) is 16.6. The van der Waals surface area contributed by atoms with E-state index in [9.17, 15) is 14.9 Å². The van der Waals surface area contributed by atoms with Crippen LogP contribution in [0.1, 0.15) is 31.5 Å². The SMILES string of the molecule is CC1OC(=O)C2(NCC(N)=O)CC(F)(F)C(C)C(C=Cc3ccc(-c4ccccc4C#N)cn3)C12. The fraction of sp³-hybridized carbons (Fsp3) is 0.385. The Morgan fingerprint density at radius 2 is 2.06 bits per heavy atom. The molecular formula is C26H26F2N4O3. The van der Waals surface area contributed by atoms with Crippen LogP contribution < -0.4 is 11.1 Å². The maximum atomic E-state index is 15.2. The predicted molar refractivity (Wildman–Crippen MR) is 125 cm³/mol. The van der Waals surface area contributed by atoms with Crippen LogP contribution in [0.25, 0.3) is 17.2 Å². The molecule has 9 heteroatoms. The molecule has 2 aromatic rings. The number of amides is 1. The van der Waals surface area contributed by atoms with E-state index < -0.39 is 60.2 Å². The zero-order valence-corrected chi connectivity index (χ0v) is 19.4. The van der Waals surface area contributed by atoms with Gasteiger partial charge in [-0.25, -0.2) is 8.78 Å². The molecule has 5 atom stereocenters. The molecule has 4 rings (SSSR count). The number of alkyl halides is 2. The first-order valence-corrected chi connectivity index (χ1v) is 11.3. The number of carbonyl (C=O) groups excluding carboxylic acids is 2. The van der Waals surface area contributed by atoms with Crippen LogP contribution in [-0.2, 0) is 14.3 Å². The summed E-state index contributed by atoms with van der Waals surface area (Å²) in [4.78, 5) is 28.6. The summed E-state index contributed by atoms with van der Waals surface area (Å²) in [5.74, 6) is -7.16. The van der Waals surface area contributed by atoms with Gasteiger partial charge in [-0.1, -0.05) is 37.3 Å². The molecule has 1 aliphatic heterocycles. The molecule has 182 valence electrons. The van der Waals surface area contributed by atoms with Gasteiger partial charge in [-0.05, 0) is 31.1 Å². The molecule has 2 fully saturated rings. The molecule has 1 amide bonds. The maximum absolute atomic E-state index is 15.2. The number of benzene rings is 1. The van der Waals surface area contributed by atoms with Crippen molar-refractivity contribution in [3.8, 4) is 17.2 Å². The summed E-state index contributed by atoms with van der Waals surface area (Å²) < 4.78 is 35.7. The molecule has 7 nitrogen and oxygen atoms in total. The summed E-state index contributed by atoms with van der Waals surface area (Å²) in [7, 11) is 0. The Kier molecular flexibility index (Phi) is 6.43. The van der Waals surface area contributed by atoms with E-state index in [0.717, 1.165) is 11.1 Å². The van der Waals surface area contributed by atoms with Crippen molar-refractivity contribution in [2.45, 2.75) is 37.8 Å². The standard InChI is InChI=1S/C26H26F2N4O3/c1-15-20(10-9-19-8-7-18(12-31-19)21-6-4-3-5-17(21)11-29)23-16(2)35-24(34)25(23,14-26(15,27)28)32-13-22(30)33/h3-10,12,15-16,20,23,32H,13-14H2,1-2H3,(H2,30,33). The first-order valence-electron chi connectivity index (χ1n) is 11.3. The Balaban J connectivity index is 1.65. The van der Waals surface area contributed by atoms with E-state index in [1.165, 1.54) is 6.92 Å². The zero-order valence-electron chi connectivity index (χ0n) is 19.4. The smallest absolute Gasteiger partial charge is 0.327 e. The number of esters is 1. The number of ether oxygens (including phenoxy) is 1. The van der Waals surface area contributed by atoms with Gasteiger partial charge in [-0.3, -0.25) is 19.9 Å². The van der Waals surface area contributed by atoms with E-state index in [4.69, 9.17) is 10.5 Å². The number of allylic oxidation sites excluding steroid dienone is 1. The summed E-state index contributed by atoms with van der Waals surface area (Å²) >= 11 is 0. The van der Waals surface area contributed by atoms with Crippen LogP contribution >= 0.6 is 0 Å². The molecular weight excluding hydrogens is 454 g/mol. The summed E-state index contributed by atoms with van der Waals surface area (Å²) in [6.45, 7) is 2.72. The van der Waals surface area contributed by atoms with Gasteiger partial charge in [0.15, 0.2) is 0 Å². The fourth-order valence-electron chi connectivity index (χ4n) is 5.33. The number of pyridine rings is 1. The number of cyclic esters (lactones) is 1. The van der Waals surface area contributed by atoms with Gasteiger partial charge in [0.25, 0.3) is 5.92 Å². The van der Waals surface area contributed by atoms with E-state index in [1.54, 1.807) is 43.5 Å². The van der Waals surface area contributed by atoms with E-state index in [2.05, 4.69) is 16.4 Å². The average molecular weight is 481 g/mol. The normalized spacial score (nSPS) is 29.4. The lowest BCUT2D eigenvalue weighted by Gasteiger charge is -2.48. The molecule has 2 aliphatic rings. The Hall–Kier alpha value is -3.64. The van der Waals surface area contributed by atoms with Crippen molar-refractivity contribution in [1.82, 2.24) is 10.3 Å². The highest BCUT2D eigenvalue weighted by molar-refractivity contribution is 5.86. The summed E-state index contributed by atoms with van der Waals surface area (Å²) in [6.07, 6.45) is 3.52. The second kappa shape index (κ2) is 9.19. The van der Waals surface area contributed by atoms with Crippen molar-refractivity contribution in [2.75, 3.05) is 6.54 Å². The van der Waals surface area contributed by atoms with Crippen molar-refractivity contribution >= 4 is 18.0 Å². The fourth-order valence-corrected chi connectivity index (χ4v) is 5.33. The van der Waals surface area contributed by atoms with Gasteiger partial charge in [-0.2, -0.15) is 5.26 Å². The van der Waals surface area contributed by atoms with Crippen molar-refractivity contribution in [1.29, 1.82) is 5.26 Å². The molecule has 2 heterocycles. The molecule has 1 saturated heterocycles. The number of carbonyl (C=O) groups is 2. The van der Waals surface area contributed by atoms with Crippen LogP contribution in [-0.4, -0.2) is 41.0 Å². The number of nitrogens with zero attached hydrogens (tertiary/aromatic N) is 2. The lowest BCUT2D eigenvalue weighted by Crippen LogP contribution is -2.65. The number of nitrogens with two attached hydrogens (primary N) is 1. The van der Waals surface area contributed by atoms with Crippen LogP contribution in [0.4, 0.5) is 8.78 Å². The predicted octanol–water partition coefficient (Wildman–Crippen LogP) is 3.30. The van der Waals surface area contributed by atoms with Crippen LogP contribution in [0.3, 0.4) is 0 Å². The lowest BCUT2D eigenvalue weighted by molar-refractivity contribution is -0.160. The van der Waals surface area contributed by atoms with Crippen LogP contribution in [0, 0.1) is 29.1 Å². The van der Waals surface area contributed by atoms with E-state index >= 15 is 8.78 Å². The number of fused-ring (bicyclic) bond motifs is 1. The van der Waals surface area contributed by atoms with Crippen LogP contribution in [0.15, 0.2) is 48.7 Å². The highest BCUT2D eigenvalue weighted by Crippen LogP contribution is 2.54. The third-order valence-electron chi connectivity index (χ3n) is 7.12. The van der Waals surface area contributed by atoms with E-state index in [-0.39, 0.29) is 0 Å². The topological polar surface area (TPSA) is 118 Å². The maximum Gasteiger partial charge on any atom is 0.327 e. The third kappa shape index (κ3) is 4.42. The minimum Gasteiger partial charge on any atom is -0.461 e. The second-order valence-electron chi connectivity index (χ2n) is 9.22. The average Bonchev–Trinajstić information content (AvgIpc) is 3.07. The van der Waals surface area contributed by atoms with Crippen LogP contribution in [0.2, 0.25) is 0 Å². The molecule has 1 aliphatic carbocycles. The highest BCUT2D eigenvalue weighted by atomic mass is 19.3. The molecule has 0 spiro atoms. The second-order valence-corrected chi connectivity index (χ2v) is 9.22. The van der Waals surface area contributed by atoms with Crippen molar-refractivity contribution in [3.63, 3.8) is 0 Å². The van der Waals surface area contributed by atoms with E-state index in [0.29, 0.717) is 11.3 Å². The van der Waals surface area contributed by atoms with Gasteiger partial charge in [0.05, 0.1) is 23.9 Å². The molecule has 0 bridgehead atoms. The number of nitrogens with one attached hydrogen (secondary N) is 1. The Bertz CT molecular complexity index is 1210. The van der Waals surface area contributed by atoms with E-state index in [1.807, 2.05) is 18.2 Å². The van der Waals surface area contributed by atoms with Gasteiger partial charge in [0, 0.05) is 35.6 Å². The quantitative estimate of drug-likeness (QED) is 0.613. The van der Waals surface area contributed by atoms with Gasteiger partial charge in [0.2, 0.25) is 5.91 Å². The van der Waals surface area contributed by atoms with Crippen molar-refractivity contribution < 1.29 is 23.1 Å². The molecule has 3 N–H and O–H groups in total. The number of aromatic nitrogens is 1. The summed E-state index contributed by atoms with van der Waals surface area (Å²) in [6, 6.07) is 12.9. The Morgan fingerprint density at radius 3 is 2.71 bits per heavy atom. The molecule has 5 unspecified atom stereocenters. The Morgan fingerprint density at radius 1 is 1.31 bits per heavy atom. The van der Waals surface area contributed by atoms with Gasteiger partial charge >= 0.3 is 5.97 Å². The lowest BCUT2D eigenvalue weighted by atomic mass is 9.60. The number of rotatable bonds is 6. The molecule has 1 saturated carbocycles.